The largest absolute Gasteiger partial charge is 0.319 e. The summed E-state index contributed by atoms with van der Waals surface area (Å²) in [4.78, 5) is 0. The highest BCUT2D eigenvalue weighted by atomic mass is 35.5. The van der Waals surface area contributed by atoms with Gasteiger partial charge in [-0.15, -0.1) is 0 Å². The smallest absolute Gasteiger partial charge is 0.0837 e. The molecule has 0 fully saturated rings. The molecule has 90 valence electrons. The monoisotopic (exact) mass is 251 g/mol. The Kier molecular flexibility index (Phi) is 3.40. The Labute approximate surface area is 105 Å². The lowest BCUT2D eigenvalue weighted by molar-refractivity contribution is 0.499. The number of halogens is 1. The first-order chi connectivity index (χ1) is 8.11. The molecule has 6 heteroatoms. The lowest BCUT2D eigenvalue weighted by Gasteiger charge is -2.17. The molecule has 2 aromatic rings. The number of nitrogens with two attached hydrogens (primary N) is 1. The summed E-state index contributed by atoms with van der Waals surface area (Å²) in [7, 11) is 0. The van der Waals surface area contributed by atoms with Gasteiger partial charge in [-0.3, -0.25) is 4.68 Å². The van der Waals surface area contributed by atoms with E-state index in [1.807, 2.05) is 24.6 Å². The summed E-state index contributed by atoms with van der Waals surface area (Å²) in [6.07, 6.45) is 4.86. The highest BCUT2D eigenvalue weighted by Crippen LogP contribution is 2.27. The third kappa shape index (κ3) is 2.30. The molecular formula is C11H14ClN5. The van der Waals surface area contributed by atoms with E-state index in [2.05, 4.69) is 15.3 Å². The van der Waals surface area contributed by atoms with Crippen LogP contribution in [0.2, 0.25) is 5.02 Å². The Morgan fingerprint density at radius 2 is 2.06 bits per heavy atom. The summed E-state index contributed by atoms with van der Waals surface area (Å²) in [5, 5.41) is 12.3. The van der Waals surface area contributed by atoms with E-state index in [9.17, 15) is 0 Å². The first kappa shape index (κ1) is 12.0. The Hall–Kier alpha value is -1.46. The van der Waals surface area contributed by atoms with Crippen molar-refractivity contribution in [3.05, 3.63) is 40.9 Å². The van der Waals surface area contributed by atoms with Crippen LogP contribution in [-0.2, 0) is 0 Å². The van der Waals surface area contributed by atoms with E-state index in [0.29, 0.717) is 5.02 Å². The fourth-order valence-electron chi connectivity index (χ4n) is 1.70. The lowest BCUT2D eigenvalue weighted by atomic mass is 10.1. The van der Waals surface area contributed by atoms with Gasteiger partial charge in [-0.2, -0.15) is 15.3 Å². The van der Waals surface area contributed by atoms with E-state index in [4.69, 9.17) is 17.3 Å². The average Bonchev–Trinajstić information content (AvgIpc) is 2.71. The Morgan fingerprint density at radius 3 is 2.65 bits per heavy atom. The van der Waals surface area contributed by atoms with Crippen molar-refractivity contribution in [1.82, 2.24) is 20.0 Å². The van der Waals surface area contributed by atoms with Gasteiger partial charge in [0.15, 0.2) is 0 Å². The van der Waals surface area contributed by atoms with E-state index in [-0.39, 0.29) is 12.1 Å². The van der Waals surface area contributed by atoms with E-state index in [1.165, 1.54) is 0 Å². The zero-order valence-electron chi connectivity index (χ0n) is 9.71. The molecule has 0 bridgehead atoms. The van der Waals surface area contributed by atoms with Crippen molar-refractivity contribution < 1.29 is 0 Å². The average molecular weight is 252 g/mol. The third-order valence-electron chi connectivity index (χ3n) is 2.54. The maximum atomic E-state index is 6.19. The van der Waals surface area contributed by atoms with Crippen molar-refractivity contribution in [2.75, 3.05) is 0 Å². The molecule has 0 aliphatic heterocycles. The third-order valence-corrected chi connectivity index (χ3v) is 2.83. The minimum absolute atomic E-state index is 0.207. The van der Waals surface area contributed by atoms with Gasteiger partial charge in [-0.25, -0.2) is 0 Å². The molecule has 2 rings (SSSR count). The number of nitrogens with zero attached hydrogens (tertiary/aromatic N) is 4. The van der Waals surface area contributed by atoms with E-state index in [0.717, 1.165) is 11.3 Å². The van der Waals surface area contributed by atoms with E-state index >= 15 is 0 Å². The Morgan fingerprint density at radius 1 is 1.29 bits per heavy atom. The minimum Gasteiger partial charge on any atom is -0.319 e. The molecule has 0 aliphatic rings. The van der Waals surface area contributed by atoms with Crippen LogP contribution in [-0.4, -0.2) is 20.0 Å². The second-order valence-electron chi connectivity index (χ2n) is 4.07. The van der Waals surface area contributed by atoms with Gasteiger partial charge >= 0.3 is 0 Å². The zero-order chi connectivity index (χ0) is 12.4. The molecule has 0 amide bonds. The quantitative estimate of drug-likeness (QED) is 0.905. The second-order valence-corrected chi connectivity index (χ2v) is 4.48. The maximum absolute atomic E-state index is 6.19. The van der Waals surface area contributed by atoms with Crippen LogP contribution in [0.15, 0.2) is 24.7 Å². The molecule has 0 saturated carbocycles. The molecule has 1 atom stereocenters. The van der Waals surface area contributed by atoms with Crippen LogP contribution in [0.1, 0.15) is 37.2 Å². The van der Waals surface area contributed by atoms with Gasteiger partial charge in [0.2, 0.25) is 0 Å². The molecule has 2 aromatic heterocycles. The molecule has 5 nitrogen and oxygen atoms in total. The van der Waals surface area contributed by atoms with Crippen molar-refractivity contribution in [2.24, 2.45) is 5.73 Å². The SMILES string of the molecule is CC(C)n1ncc(Cl)c1C(N)c1ccnnc1. The van der Waals surface area contributed by atoms with Crippen LogP contribution in [0, 0.1) is 0 Å². The van der Waals surface area contributed by atoms with Crippen LogP contribution >= 0.6 is 11.6 Å². The standard InChI is InChI=1S/C11H14ClN5/c1-7(2)17-11(9(12)6-16-17)10(13)8-3-4-14-15-5-8/h3-7,10H,13H2,1-2H3. The summed E-state index contributed by atoms with van der Waals surface area (Å²) in [5.41, 5.74) is 7.85. The molecule has 0 aromatic carbocycles. The topological polar surface area (TPSA) is 69.6 Å². The van der Waals surface area contributed by atoms with Crippen LogP contribution < -0.4 is 5.73 Å². The van der Waals surface area contributed by atoms with Crippen molar-refractivity contribution in [2.45, 2.75) is 25.9 Å². The summed E-state index contributed by atoms with van der Waals surface area (Å²) in [6, 6.07) is 1.69. The lowest BCUT2D eigenvalue weighted by Crippen LogP contribution is -2.19. The van der Waals surface area contributed by atoms with Crippen molar-refractivity contribution in [1.29, 1.82) is 0 Å². The Balaban J connectivity index is 2.43. The molecule has 2 N–H and O–H groups in total. The second kappa shape index (κ2) is 4.81. The van der Waals surface area contributed by atoms with Gasteiger partial charge in [0, 0.05) is 12.2 Å². The molecule has 2 heterocycles. The van der Waals surface area contributed by atoms with Crippen LogP contribution in [0.5, 0.6) is 0 Å². The summed E-state index contributed by atoms with van der Waals surface area (Å²) in [5.74, 6) is 0. The van der Waals surface area contributed by atoms with Crippen LogP contribution in [0.25, 0.3) is 0 Å². The van der Waals surface area contributed by atoms with Gasteiger partial charge in [0.25, 0.3) is 0 Å². The predicted molar refractivity (Wildman–Crippen MR) is 65.7 cm³/mol. The number of rotatable bonds is 3. The molecule has 0 aliphatic carbocycles. The summed E-state index contributed by atoms with van der Waals surface area (Å²) < 4.78 is 1.83. The van der Waals surface area contributed by atoms with Gasteiger partial charge in [-0.05, 0) is 25.5 Å². The molecule has 1 unspecified atom stereocenters. The molecule has 0 spiro atoms. The molecule has 17 heavy (non-hydrogen) atoms. The van der Waals surface area contributed by atoms with Crippen molar-refractivity contribution in [3.63, 3.8) is 0 Å². The summed E-state index contributed by atoms with van der Waals surface area (Å²) >= 11 is 6.13. The highest BCUT2D eigenvalue weighted by molar-refractivity contribution is 6.31. The summed E-state index contributed by atoms with van der Waals surface area (Å²) in [6.45, 7) is 4.06. The predicted octanol–water partition coefficient (Wildman–Crippen LogP) is 1.96. The first-order valence-electron chi connectivity index (χ1n) is 5.36. The number of hydrogen-bond acceptors (Lipinski definition) is 4. The minimum atomic E-state index is -0.345. The van der Waals surface area contributed by atoms with E-state index in [1.54, 1.807) is 18.6 Å². The zero-order valence-corrected chi connectivity index (χ0v) is 10.5. The van der Waals surface area contributed by atoms with Crippen LogP contribution in [0.4, 0.5) is 0 Å². The number of hydrogen-bond donors (Lipinski definition) is 1. The van der Waals surface area contributed by atoms with Gasteiger partial charge in [0.1, 0.15) is 0 Å². The fraction of sp³-hybridized carbons (Fsp3) is 0.364. The molecule has 0 saturated heterocycles. The van der Waals surface area contributed by atoms with Gasteiger partial charge < -0.3 is 5.73 Å². The fourth-order valence-corrected chi connectivity index (χ4v) is 1.94. The van der Waals surface area contributed by atoms with Crippen molar-refractivity contribution in [3.8, 4) is 0 Å². The molecular weight excluding hydrogens is 238 g/mol. The Bertz CT molecular complexity index is 494. The maximum Gasteiger partial charge on any atom is 0.0837 e. The highest BCUT2D eigenvalue weighted by Gasteiger charge is 2.20. The normalized spacial score (nSPS) is 13.0. The first-order valence-corrected chi connectivity index (χ1v) is 5.74. The number of aromatic nitrogens is 4. The van der Waals surface area contributed by atoms with Gasteiger partial charge in [0.05, 0.1) is 29.2 Å². The van der Waals surface area contributed by atoms with Gasteiger partial charge in [-0.1, -0.05) is 11.6 Å². The van der Waals surface area contributed by atoms with Crippen LogP contribution in [0.3, 0.4) is 0 Å². The van der Waals surface area contributed by atoms with E-state index < -0.39 is 0 Å². The molecule has 0 radical (unpaired) electrons. The van der Waals surface area contributed by atoms with Crippen molar-refractivity contribution >= 4 is 11.6 Å².